The minimum atomic E-state index is -3.91. The molecule has 1 unspecified atom stereocenters. The van der Waals surface area contributed by atoms with E-state index in [0.29, 0.717) is 11.1 Å². The fourth-order valence-corrected chi connectivity index (χ4v) is 4.10. The highest BCUT2D eigenvalue weighted by atomic mass is 35.5. The molecular weight excluding hydrogens is 330 g/mol. The SMILES string of the molecule is Cc1ccc(C)c(S(=O)(=O)NCC2CCCN2)c1[N+](=O)[O-].Cl. The van der Waals surface area contributed by atoms with Gasteiger partial charge < -0.3 is 5.32 Å². The molecule has 0 aromatic heterocycles. The lowest BCUT2D eigenvalue weighted by Crippen LogP contribution is -2.37. The van der Waals surface area contributed by atoms with E-state index in [1.165, 1.54) is 6.92 Å². The number of rotatable bonds is 5. The molecule has 0 spiro atoms. The predicted octanol–water partition coefficient (Wildman–Crippen LogP) is 1.66. The quantitative estimate of drug-likeness (QED) is 0.622. The van der Waals surface area contributed by atoms with E-state index in [0.717, 1.165) is 19.4 Å². The molecule has 7 nitrogen and oxygen atoms in total. The zero-order valence-corrected chi connectivity index (χ0v) is 14.1. The average Bonchev–Trinajstić information content (AvgIpc) is 2.91. The van der Waals surface area contributed by atoms with Crippen molar-refractivity contribution in [1.82, 2.24) is 10.0 Å². The Balaban J connectivity index is 0.00000242. The molecule has 0 saturated carbocycles. The van der Waals surface area contributed by atoms with Crippen LogP contribution in [-0.4, -0.2) is 32.5 Å². The molecule has 0 amide bonds. The van der Waals surface area contributed by atoms with Gasteiger partial charge in [0.05, 0.1) is 4.92 Å². The third kappa shape index (κ3) is 3.95. The lowest BCUT2D eigenvalue weighted by molar-refractivity contribution is -0.388. The Labute approximate surface area is 136 Å². The van der Waals surface area contributed by atoms with E-state index < -0.39 is 14.9 Å². The van der Waals surface area contributed by atoms with Crippen LogP contribution in [0.1, 0.15) is 24.0 Å². The topological polar surface area (TPSA) is 101 Å². The third-order valence-corrected chi connectivity index (χ3v) is 5.26. The minimum Gasteiger partial charge on any atom is -0.313 e. The Morgan fingerprint density at radius 1 is 1.36 bits per heavy atom. The number of nitro benzene ring substituents is 1. The van der Waals surface area contributed by atoms with E-state index in [4.69, 9.17) is 0 Å². The maximum Gasteiger partial charge on any atom is 0.292 e. The molecule has 1 aliphatic rings. The van der Waals surface area contributed by atoms with E-state index in [2.05, 4.69) is 10.0 Å². The van der Waals surface area contributed by atoms with Crippen molar-refractivity contribution in [1.29, 1.82) is 0 Å². The van der Waals surface area contributed by atoms with Gasteiger partial charge in [0.15, 0.2) is 4.90 Å². The first kappa shape index (κ1) is 18.8. The summed E-state index contributed by atoms with van der Waals surface area (Å²) in [5.74, 6) is 0. The Hall–Kier alpha value is -1.22. The maximum atomic E-state index is 12.4. The molecular formula is C13H20ClN3O4S. The molecule has 1 atom stereocenters. The van der Waals surface area contributed by atoms with E-state index in [1.54, 1.807) is 19.1 Å². The number of nitro groups is 1. The van der Waals surface area contributed by atoms with Crippen LogP contribution in [0, 0.1) is 24.0 Å². The first-order chi connectivity index (χ1) is 9.83. The zero-order valence-electron chi connectivity index (χ0n) is 12.5. The molecule has 1 fully saturated rings. The summed E-state index contributed by atoms with van der Waals surface area (Å²) in [6, 6.07) is 3.24. The van der Waals surface area contributed by atoms with Crippen molar-refractivity contribution in [2.75, 3.05) is 13.1 Å². The molecule has 124 valence electrons. The highest BCUT2D eigenvalue weighted by Crippen LogP contribution is 2.30. The molecule has 0 radical (unpaired) electrons. The summed E-state index contributed by atoms with van der Waals surface area (Å²) in [6.45, 7) is 4.22. The van der Waals surface area contributed by atoms with Gasteiger partial charge >= 0.3 is 0 Å². The van der Waals surface area contributed by atoms with Crippen molar-refractivity contribution in [3.05, 3.63) is 33.4 Å². The Morgan fingerprint density at radius 2 is 2.00 bits per heavy atom. The van der Waals surface area contributed by atoms with Gasteiger partial charge in [0, 0.05) is 18.2 Å². The number of hydrogen-bond donors (Lipinski definition) is 2. The number of hydrogen-bond acceptors (Lipinski definition) is 5. The van der Waals surface area contributed by atoms with Crippen molar-refractivity contribution in [3.63, 3.8) is 0 Å². The van der Waals surface area contributed by atoms with Crippen LogP contribution in [0.5, 0.6) is 0 Å². The van der Waals surface area contributed by atoms with Crippen molar-refractivity contribution in [2.45, 2.75) is 37.6 Å². The van der Waals surface area contributed by atoms with Gasteiger partial charge in [0.25, 0.3) is 5.69 Å². The molecule has 0 aliphatic carbocycles. The van der Waals surface area contributed by atoms with Crippen molar-refractivity contribution in [3.8, 4) is 0 Å². The van der Waals surface area contributed by atoms with Crippen LogP contribution in [0.4, 0.5) is 5.69 Å². The van der Waals surface area contributed by atoms with Crippen LogP contribution in [0.15, 0.2) is 17.0 Å². The van der Waals surface area contributed by atoms with Crippen molar-refractivity contribution >= 4 is 28.1 Å². The minimum absolute atomic E-state index is 0. The van der Waals surface area contributed by atoms with Crippen LogP contribution in [0.25, 0.3) is 0 Å². The lowest BCUT2D eigenvalue weighted by atomic mass is 10.1. The average molecular weight is 350 g/mol. The molecule has 9 heteroatoms. The van der Waals surface area contributed by atoms with E-state index >= 15 is 0 Å². The number of sulfonamides is 1. The van der Waals surface area contributed by atoms with E-state index in [-0.39, 0.29) is 35.6 Å². The summed E-state index contributed by atoms with van der Waals surface area (Å²) in [7, 11) is -3.91. The van der Waals surface area contributed by atoms with Gasteiger partial charge in [-0.05, 0) is 38.8 Å². The first-order valence-electron chi connectivity index (χ1n) is 6.80. The van der Waals surface area contributed by atoms with Gasteiger partial charge in [-0.1, -0.05) is 12.1 Å². The Morgan fingerprint density at radius 3 is 2.55 bits per heavy atom. The lowest BCUT2D eigenvalue weighted by Gasteiger charge is -2.14. The third-order valence-electron chi connectivity index (χ3n) is 3.66. The number of aryl methyl sites for hydroxylation is 2. The van der Waals surface area contributed by atoms with Crippen molar-refractivity contribution < 1.29 is 13.3 Å². The molecule has 1 aliphatic heterocycles. The largest absolute Gasteiger partial charge is 0.313 e. The second kappa shape index (κ2) is 7.36. The summed E-state index contributed by atoms with van der Waals surface area (Å²) < 4.78 is 27.4. The van der Waals surface area contributed by atoms with Gasteiger partial charge in [-0.2, -0.15) is 0 Å². The van der Waals surface area contributed by atoms with Gasteiger partial charge in [-0.15, -0.1) is 12.4 Å². The molecule has 22 heavy (non-hydrogen) atoms. The van der Waals surface area contributed by atoms with Gasteiger partial charge in [0.1, 0.15) is 0 Å². The van der Waals surface area contributed by atoms with Gasteiger partial charge in [-0.3, -0.25) is 10.1 Å². The second-order valence-electron chi connectivity index (χ2n) is 5.28. The molecule has 1 saturated heterocycles. The summed E-state index contributed by atoms with van der Waals surface area (Å²) in [4.78, 5) is 10.3. The molecule has 2 N–H and O–H groups in total. The number of benzene rings is 1. The summed E-state index contributed by atoms with van der Waals surface area (Å²) >= 11 is 0. The van der Waals surface area contributed by atoms with Crippen LogP contribution in [-0.2, 0) is 10.0 Å². The predicted molar refractivity (Wildman–Crippen MR) is 86.0 cm³/mol. The first-order valence-corrected chi connectivity index (χ1v) is 8.29. The van der Waals surface area contributed by atoms with Gasteiger partial charge in [0.2, 0.25) is 10.0 Å². The number of nitrogens with one attached hydrogen (secondary N) is 2. The fourth-order valence-electron chi connectivity index (χ4n) is 2.55. The molecule has 0 bridgehead atoms. The maximum absolute atomic E-state index is 12.4. The summed E-state index contributed by atoms with van der Waals surface area (Å²) in [5.41, 5.74) is 0.367. The molecule has 2 rings (SSSR count). The van der Waals surface area contributed by atoms with E-state index in [9.17, 15) is 18.5 Å². The zero-order chi connectivity index (χ0) is 15.6. The van der Waals surface area contributed by atoms with Crippen LogP contribution in [0.3, 0.4) is 0 Å². The van der Waals surface area contributed by atoms with Crippen LogP contribution in [0.2, 0.25) is 0 Å². The fraction of sp³-hybridized carbons (Fsp3) is 0.538. The summed E-state index contributed by atoms with van der Waals surface area (Å²) in [6.07, 6.45) is 1.91. The monoisotopic (exact) mass is 349 g/mol. The summed E-state index contributed by atoms with van der Waals surface area (Å²) in [5, 5.41) is 14.4. The second-order valence-corrected chi connectivity index (χ2v) is 6.98. The normalized spacial score (nSPS) is 18.0. The van der Waals surface area contributed by atoms with Crippen LogP contribution >= 0.6 is 12.4 Å². The smallest absolute Gasteiger partial charge is 0.292 e. The standard InChI is InChI=1S/C13H19N3O4S.ClH/c1-9-5-6-10(2)13(12(9)16(17)18)21(19,20)15-8-11-4-3-7-14-11;/h5-6,11,14-15H,3-4,7-8H2,1-2H3;1H. The highest BCUT2D eigenvalue weighted by Gasteiger charge is 2.30. The molecule has 1 heterocycles. The van der Waals surface area contributed by atoms with Gasteiger partial charge in [-0.25, -0.2) is 13.1 Å². The Kier molecular flexibility index (Phi) is 6.30. The van der Waals surface area contributed by atoms with Crippen LogP contribution < -0.4 is 10.0 Å². The highest BCUT2D eigenvalue weighted by molar-refractivity contribution is 7.89. The number of halogens is 1. The Bertz CT molecular complexity index is 657. The van der Waals surface area contributed by atoms with E-state index in [1.807, 2.05) is 0 Å². The molecule has 1 aromatic carbocycles. The molecule has 1 aromatic rings. The number of nitrogens with zero attached hydrogens (tertiary/aromatic N) is 1. The van der Waals surface area contributed by atoms with Crippen molar-refractivity contribution in [2.24, 2.45) is 0 Å².